The van der Waals surface area contributed by atoms with Crippen molar-refractivity contribution in [1.82, 2.24) is 56.3 Å². The lowest BCUT2D eigenvalue weighted by Gasteiger charge is -2.45. The molecule has 21 heteroatoms. The number of anilines is 1. The first-order chi connectivity index (χ1) is 38.7. The molecule has 0 spiro atoms. The average molecular weight is 1090 g/mol. The fourth-order valence-electron chi connectivity index (χ4n) is 10.6. The summed E-state index contributed by atoms with van der Waals surface area (Å²) in [6, 6.07) is 26.1. The van der Waals surface area contributed by atoms with Crippen molar-refractivity contribution in [3.8, 4) is 23.5 Å². The van der Waals surface area contributed by atoms with Gasteiger partial charge < -0.3 is 65.5 Å². The van der Waals surface area contributed by atoms with E-state index in [0.29, 0.717) is 35.3 Å². The molecular formula is C59H70N12O9. The first-order valence-corrected chi connectivity index (χ1v) is 27.2. The van der Waals surface area contributed by atoms with Gasteiger partial charge in [-0.2, -0.15) is 0 Å². The maximum atomic E-state index is 13.7. The van der Waals surface area contributed by atoms with E-state index in [1.165, 1.54) is 0 Å². The molecule has 5 amide bonds. The fourth-order valence-corrected chi connectivity index (χ4v) is 10.6. The minimum absolute atomic E-state index is 0.0265. The van der Waals surface area contributed by atoms with Crippen LogP contribution in [0.3, 0.4) is 0 Å². The number of aromatic amines is 1. The molecule has 6 aromatic rings. The molecule has 3 fully saturated rings. The minimum atomic E-state index is -1.32. The number of pyridine rings is 1. The number of terminal acetylenes is 1. The second-order valence-electron chi connectivity index (χ2n) is 21.0. The summed E-state index contributed by atoms with van der Waals surface area (Å²) in [6.45, 7) is 4.63. The van der Waals surface area contributed by atoms with Crippen LogP contribution in [0, 0.1) is 12.3 Å². The van der Waals surface area contributed by atoms with Crippen molar-refractivity contribution in [2.45, 2.75) is 81.2 Å². The van der Waals surface area contributed by atoms with E-state index in [-0.39, 0.29) is 37.0 Å². The Balaban J connectivity index is 0.954. The predicted octanol–water partition coefficient (Wildman–Crippen LogP) is 3.35. The Hall–Kier alpha value is -8.16. The number of amides is 5. The van der Waals surface area contributed by atoms with Gasteiger partial charge in [-0.05, 0) is 80.3 Å². The highest BCUT2D eigenvalue weighted by Crippen LogP contribution is 2.44. The molecule has 80 heavy (non-hydrogen) atoms. The van der Waals surface area contributed by atoms with Crippen LogP contribution in [0.25, 0.3) is 32.9 Å². The number of benzene rings is 3. The van der Waals surface area contributed by atoms with Crippen LogP contribution in [-0.4, -0.2) is 151 Å². The van der Waals surface area contributed by atoms with E-state index in [1.54, 1.807) is 42.1 Å². The molecule has 1 aliphatic carbocycles. The topological polar surface area (TPSA) is 255 Å². The number of nitrogens with zero attached hydrogens (tertiary/aromatic N) is 5. The SMILES string of the molecule is C#CCNC1(C)CCN(C2CCN(c3nc([C@@](COCNC(=O)CNC(=O)[C@H](Cc4ccccc4)NC(=O)CNC(=O)CNC(=O)OC)(OC4CC4)c4ccccc4)c4cc(-c5cn(C)c(=O)c6[nH]ccc56)ccc4n3)CC2)CC1. The standard InChI is InChI=1S/C59H70N12O9/c1-5-25-65-58(2)23-29-70(30-24-58)42-21-27-71(28-22-42)56-67-47-19-16-40(46-36-69(3)55(76)52-44(46)20-26-60-52)32-45(47)53(68-56)59(80-43-17-18-43,41-14-10-7-11-15-41)37-79-38-64-50(73)33-62-54(75)48(31-39-12-8-6-9-13-39)66-51(74)35-61-49(72)34-63-57(77)78-4/h1,6-16,19-20,26,32,36,42-43,48,60,65H,17-18,21-25,27-31,33-35,37-38H2,2-4H3,(H,61,72)(H,62,75)(H,63,77)(H,64,73)(H,66,74)/t48-,59-/m0/s1. The number of carbonyl (C=O) groups is 5. The van der Waals surface area contributed by atoms with Crippen molar-refractivity contribution in [3.63, 3.8) is 0 Å². The van der Waals surface area contributed by atoms with E-state index in [0.717, 1.165) is 105 Å². The van der Waals surface area contributed by atoms with Crippen molar-refractivity contribution in [2.75, 3.05) is 77.7 Å². The van der Waals surface area contributed by atoms with Gasteiger partial charge in [-0.1, -0.05) is 72.7 Å². The number of aromatic nitrogens is 4. The number of aryl methyl sites for hydroxylation is 1. The highest BCUT2D eigenvalue weighted by Gasteiger charge is 2.45. The molecule has 3 aromatic heterocycles. The molecule has 0 bridgehead atoms. The number of likely N-dealkylation sites (tertiary alicyclic amines) is 1. The number of hydrogen-bond acceptors (Lipinski definition) is 14. The molecule has 3 aliphatic rings. The molecule has 9 rings (SSSR count). The lowest BCUT2D eigenvalue weighted by molar-refractivity contribution is -0.131. The van der Waals surface area contributed by atoms with Crippen LogP contribution in [0.1, 0.15) is 62.3 Å². The molecular weight excluding hydrogens is 1020 g/mol. The summed E-state index contributed by atoms with van der Waals surface area (Å²) in [4.78, 5) is 95.7. The number of nitrogens with one attached hydrogen (secondary N) is 7. The summed E-state index contributed by atoms with van der Waals surface area (Å²) in [5.41, 5.74) is 3.56. The molecule has 7 N–H and O–H groups in total. The summed E-state index contributed by atoms with van der Waals surface area (Å²) >= 11 is 0. The van der Waals surface area contributed by atoms with E-state index in [9.17, 15) is 28.8 Å². The summed E-state index contributed by atoms with van der Waals surface area (Å²) in [7, 11) is 2.89. The summed E-state index contributed by atoms with van der Waals surface area (Å²) in [6.07, 6.45) is 13.9. The molecule has 0 unspecified atom stereocenters. The van der Waals surface area contributed by atoms with Crippen LogP contribution in [-0.2, 0) is 52.5 Å². The van der Waals surface area contributed by atoms with Crippen LogP contribution in [0.15, 0.2) is 102 Å². The van der Waals surface area contributed by atoms with Crippen LogP contribution >= 0.6 is 0 Å². The number of methoxy groups -OCH3 is 1. The minimum Gasteiger partial charge on any atom is -0.453 e. The van der Waals surface area contributed by atoms with Crippen molar-refractivity contribution in [3.05, 3.63) is 124 Å². The van der Waals surface area contributed by atoms with Gasteiger partial charge in [0, 0.05) is 80.0 Å². The maximum Gasteiger partial charge on any atom is 0.407 e. The predicted molar refractivity (Wildman–Crippen MR) is 302 cm³/mol. The van der Waals surface area contributed by atoms with Gasteiger partial charge in [-0.25, -0.2) is 14.8 Å². The van der Waals surface area contributed by atoms with Crippen LogP contribution < -0.4 is 42.4 Å². The maximum absolute atomic E-state index is 13.7. The third-order valence-corrected chi connectivity index (χ3v) is 15.2. The molecule has 2 atom stereocenters. The average Bonchev–Trinajstić information content (AvgIpc) is 4.25. The molecule has 0 radical (unpaired) electrons. The van der Waals surface area contributed by atoms with Gasteiger partial charge in [0.2, 0.25) is 29.6 Å². The smallest absolute Gasteiger partial charge is 0.407 e. The number of hydrogen-bond donors (Lipinski definition) is 7. The van der Waals surface area contributed by atoms with Gasteiger partial charge in [0.25, 0.3) is 5.56 Å². The quantitative estimate of drug-likeness (QED) is 0.0276. The third kappa shape index (κ3) is 13.8. The molecule has 5 heterocycles. The molecule has 21 nitrogen and oxygen atoms in total. The number of rotatable bonds is 23. The fraction of sp³-hybridized carbons (Fsp3) is 0.424. The zero-order valence-electron chi connectivity index (χ0n) is 45.5. The lowest BCUT2D eigenvalue weighted by Crippen LogP contribution is -2.55. The second-order valence-corrected chi connectivity index (χ2v) is 21.0. The van der Waals surface area contributed by atoms with Gasteiger partial charge in [-0.3, -0.25) is 24.0 Å². The number of fused-ring (bicyclic) bond motifs is 2. The normalized spacial score (nSPS) is 16.7. The molecule has 420 valence electrons. The first kappa shape index (κ1) is 56.6. The van der Waals surface area contributed by atoms with Crippen molar-refractivity contribution >= 4 is 57.5 Å². The van der Waals surface area contributed by atoms with Crippen molar-refractivity contribution in [2.24, 2.45) is 7.05 Å². The van der Waals surface area contributed by atoms with Gasteiger partial charge in [0.15, 0.2) is 5.60 Å². The van der Waals surface area contributed by atoms with Gasteiger partial charge >= 0.3 is 6.09 Å². The number of ether oxygens (including phenoxy) is 3. The van der Waals surface area contributed by atoms with Gasteiger partial charge in [0.05, 0.1) is 50.7 Å². The van der Waals surface area contributed by atoms with E-state index < -0.39 is 61.0 Å². The number of carbonyl (C=O) groups excluding carboxylic acids is 5. The summed E-state index contributed by atoms with van der Waals surface area (Å²) in [5.74, 6) is 0.795. The monoisotopic (exact) mass is 1090 g/mol. The second kappa shape index (κ2) is 25.7. The van der Waals surface area contributed by atoms with Crippen molar-refractivity contribution < 1.29 is 38.2 Å². The van der Waals surface area contributed by atoms with Gasteiger partial charge in [0.1, 0.15) is 24.8 Å². The zero-order chi connectivity index (χ0) is 56.2. The first-order valence-electron chi connectivity index (χ1n) is 27.2. The van der Waals surface area contributed by atoms with E-state index in [1.807, 2.05) is 60.8 Å². The van der Waals surface area contributed by atoms with Crippen LogP contribution in [0.2, 0.25) is 0 Å². The zero-order valence-corrected chi connectivity index (χ0v) is 45.5. The number of piperidine rings is 2. The number of H-pyrrole nitrogens is 1. The van der Waals surface area contributed by atoms with Crippen molar-refractivity contribution in [1.29, 1.82) is 0 Å². The van der Waals surface area contributed by atoms with E-state index >= 15 is 0 Å². The Morgan fingerprint density at radius 2 is 1.54 bits per heavy atom. The van der Waals surface area contributed by atoms with Gasteiger partial charge in [-0.15, -0.1) is 6.42 Å². The lowest BCUT2D eigenvalue weighted by atomic mass is 9.87. The van der Waals surface area contributed by atoms with E-state index in [2.05, 4.69) is 70.3 Å². The van der Waals surface area contributed by atoms with E-state index in [4.69, 9.17) is 25.9 Å². The third-order valence-electron chi connectivity index (χ3n) is 15.2. The Labute approximate surface area is 464 Å². The Bertz CT molecular complexity index is 3270. The summed E-state index contributed by atoms with van der Waals surface area (Å²) < 4.78 is 19.8. The van der Waals surface area contributed by atoms with Crippen LogP contribution in [0.5, 0.6) is 0 Å². The molecule has 1 saturated carbocycles. The Morgan fingerprint density at radius 1 is 0.838 bits per heavy atom. The highest BCUT2D eigenvalue weighted by atomic mass is 16.6. The Morgan fingerprint density at radius 3 is 2.25 bits per heavy atom. The van der Waals surface area contributed by atoms with Crippen LogP contribution in [0.4, 0.5) is 10.7 Å². The highest BCUT2D eigenvalue weighted by molar-refractivity contribution is 5.98. The number of alkyl carbamates (subject to hydrolysis) is 1. The largest absolute Gasteiger partial charge is 0.453 e. The summed E-state index contributed by atoms with van der Waals surface area (Å²) in [5, 5.41) is 17.7. The molecule has 2 aliphatic heterocycles. The molecule has 2 saturated heterocycles. The molecule has 3 aromatic carbocycles. The Kier molecular flexibility index (Phi) is 18.2.